The van der Waals surface area contributed by atoms with Crippen molar-refractivity contribution in [2.75, 3.05) is 0 Å². The zero-order chi connectivity index (χ0) is 34.6. The van der Waals surface area contributed by atoms with Crippen LogP contribution in [0.2, 0.25) is 0 Å². The molecular weight excluding hydrogens is 657 g/mol. The molecule has 3 heterocycles. The zero-order valence-corrected chi connectivity index (χ0v) is 28.6. The topological polar surface area (TPSA) is 75.6 Å². The van der Waals surface area contributed by atoms with E-state index in [1.165, 1.54) is 10.5 Å². The molecule has 1 aliphatic heterocycles. The number of aromatic nitrogens is 3. The Labute approximate surface area is 304 Å². The maximum Gasteiger partial charge on any atom is 0.168 e. The van der Waals surface area contributed by atoms with Crippen LogP contribution in [0.1, 0.15) is 17.0 Å². The molecule has 0 N–H and O–H groups in total. The van der Waals surface area contributed by atoms with Crippen LogP contribution in [0, 0.1) is 11.3 Å². The molecule has 244 valence electrons. The van der Waals surface area contributed by atoms with E-state index < -0.39 is 0 Å². The van der Waals surface area contributed by atoms with Crippen molar-refractivity contribution in [3.8, 4) is 62.5 Å². The molecule has 1 aliphatic carbocycles. The summed E-state index contributed by atoms with van der Waals surface area (Å²) in [7, 11) is 0. The van der Waals surface area contributed by atoms with Gasteiger partial charge in [-0.25, -0.2) is 15.0 Å². The van der Waals surface area contributed by atoms with Crippen LogP contribution in [-0.2, 0) is 0 Å². The molecule has 6 aromatic carbocycles. The van der Waals surface area contributed by atoms with Crippen molar-refractivity contribution < 1.29 is 4.42 Å². The van der Waals surface area contributed by atoms with E-state index in [0.717, 1.165) is 60.9 Å². The highest BCUT2D eigenvalue weighted by Gasteiger charge is 2.34. The number of fused-ring (bicyclic) bond motifs is 6. The number of hydrogen-bond donors (Lipinski definition) is 0. The van der Waals surface area contributed by atoms with Gasteiger partial charge in [-0.05, 0) is 58.1 Å². The standard InChI is InChI=1S/C46H28N4OS/c47-27-28-17-19-29(20-18-28)30-21-23-31(24-22-30)33-25-26-35-34-11-4-6-14-38(34)51-43(35)42(33)46-49-44(32-9-2-1-3-10-32)48-45(50-46)37-13-8-16-40-41(37)36-12-5-7-15-39(36)52-40/h1-26,36,39H. The average molecular weight is 685 g/mol. The number of para-hydroxylation sites is 1. The van der Waals surface area contributed by atoms with Crippen molar-refractivity contribution in [3.05, 3.63) is 169 Å². The van der Waals surface area contributed by atoms with Crippen molar-refractivity contribution >= 4 is 33.7 Å². The first-order valence-corrected chi connectivity index (χ1v) is 18.1. The van der Waals surface area contributed by atoms with Gasteiger partial charge in [0.05, 0.1) is 17.2 Å². The highest BCUT2D eigenvalue weighted by molar-refractivity contribution is 8.00. The minimum Gasteiger partial charge on any atom is -0.455 e. The second kappa shape index (κ2) is 12.3. The Bertz CT molecular complexity index is 2780. The molecule has 2 unspecified atom stereocenters. The van der Waals surface area contributed by atoms with E-state index in [2.05, 4.69) is 91.0 Å². The Balaban J connectivity index is 1.21. The van der Waals surface area contributed by atoms with E-state index in [1.54, 1.807) is 0 Å². The summed E-state index contributed by atoms with van der Waals surface area (Å²) < 4.78 is 6.70. The van der Waals surface area contributed by atoms with E-state index in [0.29, 0.717) is 28.3 Å². The summed E-state index contributed by atoms with van der Waals surface area (Å²) >= 11 is 1.90. The van der Waals surface area contributed by atoms with Crippen LogP contribution in [0.15, 0.2) is 167 Å². The minimum atomic E-state index is 0.241. The first-order valence-electron chi connectivity index (χ1n) is 17.2. The van der Waals surface area contributed by atoms with Crippen LogP contribution >= 0.6 is 11.8 Å². The Morgan fingerprint density at radius 3 is 2.10 bits per heavy atom. The Kier molecular flexibility index (Phi) is 7.19. The largest absolute Gasteiger partial charge is 0.455 e. The third-order valence-corrected chi connectivity index (χ3v) is 11.3. The van der Waals surface area contributed by atoms with Gasteiger partial charge in [-0.1, -0.05) is 127 Å². The fourth-order valence-electron chi connectivity index (χ4n) is 7.45. The van der Waals surface area contributed by atoms with Crippen LogP contribution < -0.4 is 0 Å². The van der Waals surface area contributed by atoms with Crippen LogP contribution in [0.5, 0.6) is 0 Å². The normalized spacial score (nSPS) is 15.8. The van der Waals surface area contributed by atoms with Gasteiger partial charge in [0, 0.05) is 38.0 Å². The van der Waals surface area contributed by atoms with E-state index in [-0.39, 0.29) is 5.92 Å². The smallest absolute Gasteiger partial charge is 0.168 e. The highest BCUT2D eigenvalue weighted by Crippen LogP contribution is 2.51. The van der Waals surface area contributed by atoms with Crippen molar-refractivity contribution in [2.24, 2.45) is 0 Å². The van der Waals surface area contributed by atoms with Gasteiger partial charge >= 0.3 is 0 Å². The molecule has 8 aromatic rings. The monoisotopic (exact) mass is 684 g/mol. The molecule has 2 atom stereocenters. The molecule has 0 bridgehead atoms. The molecule has 0 fully saturated rings. The summed E-state index contributed by atoms with van der Waals surface area (Å²) in [4.78, 5) is 17.0. The third-order valence-electron chi connectivity index (χ3n) is 9.97. The third kappa shape index (κ3) is 5.06. The predicted molar refractivity (Wildman–Crippen MR) is 210 cm³/mol. The van der Waals surface area contributed by atoms with Crippen molar-refractivity contribution in [1.29, 1.82) is 5.26 Å². The van der Waals surface area contributed by atoms with Crippen LogP contribution in [0.3, 0.4) is 0 Å². The number of nitrogens with zero attached hydrogens (tertiary/aromatic N) is 4. The summed E-state index contributed by atoms with van der Waals surface area (Å²) in [5.74, 6) is 2.04. The van der Waals surface area contributed by atoms with Gasteiger partial charge in [0.2, 0.25) is 0 Å². The van der Waals surface area contributed by atoms with Gasteiger partial charge in [0.1, 0.15) is 11.2 Å². The molecule has 2 aromatic heterocycles. The number of allylic oxidation sites excluding steroid dienone is 3. The van der Waals surface area contributed by atoms with Crippen LogP contribution in [0.4, 0.5) is 0 Å². The molecule has 0 saturated heterocycles. The predicted octanol–water partition coefficient (Wildman–Crippen LogP) is 11.7. The molecule has 0 amide bonds. The minimum absolute atomic E-state index is 0.241. The lowest BCUT2D eigenvalue weighted by molar-refractivity contribution is 0.669. The summed E-state index contributed by atoms with van der Waals surface area (Å²) in [5, 5.41) is 11.7. The maximum absolute atomic E-state index is 9.28. The number of hydrogen-bond acceptors (Lipinski definition) is 6. The number of furan rings is 1. The first kappa shape index (κ1) is 30.3. The fraction of sp³-hybridized carbons (Fsp3) is 0.0435. The number of benzene rings is 6. The first-order chi connectivity index (χ1) is 25.7. The number of nitriles is 1. The summed E-state index contributed by atoms with van der Waals surface area (Å²) in [6.07, 6.45) is 8.86. The van der Waals surface area contributed by atoms with Crippen molar-refractivity contribution in [3.63, 3.8) is 0 Å². The van der Waals surface area contributed by atoms with Gasteiger partial charge < -0.3 is 4.42 Å². The quantitative estimate of drug-likeness (QED) is 0.180. The molecule has 0 saturated carbocycles. The lowest BCUT2D eigenvalue weighted by Crippen LogP contribution is -2.09. The van der Waals surface area contributed by atoms with Gasteiger partial charge in [-0.2, -0.15) is 5.26 Å². The fourth-order valence-corrected chi connectivity index (χ4v) is 8.81. The Morgan fingerprint density at radius 1 is 0.558 bits per heavy atom. The molecule has 0 spiro atoms. The lowest BCUT2D eigenvalue weighted by atomic mass is 9.88. The number of thioether (sulfide) groups is 1. The van der Waals surface area contributed by atoms with Gasteiger partial charge in [0.25, 0.3) is 0 Å². The molecule has 52 heavy (non-hydrogen) atoms. The molecule has 2 aliphatic rings. The Hall–Kier alpha value is -6.55. The van der Waals surface area contributed by atoms with E-state index >= 15 is 0 Å². The van der Waals surface area contributed by atoms with Gasteiger partial charge in [-0.15, -0.1) is 11.8 Å². The van der Waals surface area contributed by atoms with E-state index in [9.17, 15) is 5.26 Å². The van der Waals surface area contributed by atoms with Gasteiger partial charge in [-0.3, -0.25) is 0 Å². The van der Waals surface area contributed by atoms with Gasteiger partial charge in [0.15, 0.2) is 17.5 Å². The molecule has 10 rings (SSSR count). The maximum atomic E-state index is 9.28. The second-order valence-electron chi connectivity index (χ2n) is 13.0. The lowest BCUT2D eigenvalue weighted by Gasteiger charge is -2.18. The summed E-state index contributed by atoms with van der Waals surface area (Å²) in [5.41, 5.74) is 10.3. The van der Waals surface area contributed by atoms with E-state index in [1.807, 2.05) is 84.6 Å². The molecule has 6 heteroatoms. The summed E-state index contributed by atoms with van der Waals surface area (Å²) in [6, 6.07) is 47.4. The second-order valence-corrected chi connectivity index (χ2v) is 14.2. The summed E-state index contributed by atoms with van der Waals surface area (Å²) in [6.45, 7) is 0. The SMILES string of the molecule is N#Cc1ccc(-c2ccc(-c3ccc4c(oc5ccccc54)c3-c3nc(-c4ccccc4)nc(-c4cccc5c4C4C=CC=CC4S5)n3)cc2)cc1. The van der Waals surface area contributed by atoms with Crippen LogP contribution in [0.25, 0.3) is 78.4 Å². The average Bonchev–Trinajstić information content (AvgIpc) is 3.79. The van der Waals surface area contributed by atoms with Crippen LogP contribution in [-0.4, -0.2) is 20.2 Å². The highest BCUT2D eigenvalue weighted by atomic mass is 32.2. The van der Waals surface area contributed by atoms with Crippen molar-refractivity contribution in [2.45, 2.75) is 16.1 Å². The molecule has 0 radical (unpaired) electrons. The molecule has 5 nitrogen and oxygen atoms in total. The molecular formula is C46H28N4OS. The van der Waals surface area contributed by atoms with E-state index in [4.69, 9.17) is 19.4 Å². The number of rotatable bonds is 5. The Morgan fingerprint density at radius 2 is 1.27 bits per heavy atom. The zero-order valence-electron chi connectivity index (χ0n) is 27.8. The van der Waals surface area contributed by atoms with Crippen molar-refractivity contribution in [1.82, 2.24) is 15.0 Å².